The highest BCUT2D eigenvalue weighted by Gasteiger charge is 2.05. The van der Waals surface area contributed by atoms with Gasteiger partial charge in [-0.1, -0.05) is 6.07 Å². The first kappa shape index (κ1) is 9.71. The summed E-state index contributed by atoms with van der Waals surface area (Å²) in [4.78, 5) is 1.32. The van der Waals surface area contributed by atoms with Crippen molar-refractivity contribution < 1.29 is 5.11 Å². The standard InChI is InChI=1S/C9H15NOS/c1-7(11)6-10-8(2)9-4-3-5-12-9/h3-5,7-8,10-11H,6H2,1-2H3/t7?,8-/m1/s1. The SMILES string of the molecule is CC(O)CN[C@H](C)c1cccs1. The average molecular weight is 185 g/mol. The summed E-state index contributed by atoms with van der Waals surface area (Å²) < 4.78 is 0. The van der Waals surface area contributed by atoms with E-state index in [0.29, 0.717) is 12.6 Å². The molecule has 1 aromatic rings. The fourth-order valence-corrected chi connectivity index (χ4v) is 1.74. The van der Waals surface area contributed by atoms with E-state index in [1.807, 2.05) is 6.07 Å². The van der Waals surface area contributed by atoms with Gasteiger partial charge in [-0.3, -0.25) is 0 Å². The highest BCUT2D eigenvalue weighted by atomic mass is 32.1. The van der Waals surface area contributed by atoms with Gasteiger partial charge in [0.25, 0.3) is 0 Å². The largest absolute Gasteiger partial charge is 0.392 e. The van der Waals surface area contributed by atoms with Crippen molar-refractivity contribution in [2.45, 2.75) is 26.0 Å². The predicted octanol–water partition coefficient (Wildman–Crippen LogP) is 1.78. The molecule has 1 aromatic heterocycles. The molecular formula is C9H15NOS. The van der Waals surface area contributed by atoms with Crippen LogP contribution in [0, 0.1) is 0 Å². The van der Waals surface area contributed by atoms with Gasteiger partial charge in [0.2, 0.25) is 0 Å². The fraction of sp³-hybridized carbons (Fsp3) is 0.556. The van der Waals surface area contributed by atoms with Crippen LogP contribution in [0.2, 0.25) is 0 Å². The lowest BCUT2D eigenvalue weighted by Crippen LogP contribution is -2.26. The molecule has 3 heteroatoms. The summed E-state index contributed by atoms with van der Waals surface area (Å²) in [5.41, 5.74) is 0. The third-order valence-corrected chi connectivity index (χ3v) is 2.74. The minimum atomic E-state index is -0.271. The average Bonchev–Trinajstić information content (AvgIpc) is 2.51. The van der Waals surface area contributed by atoms with Crippen molar-refractivity contribution in [1.29, 1.82) is 0 Å². The minimum absolute atomic E-state index is 0.271. The van der Waals surface area contributed by atoms with E-state index in [-0.39, 0.29) is 6.10 Å². The van der Waals surface area contributed by atoms with E-state index in [4.69, 9.17) is 5.11 Å². The third-order valence-electron chi connectivity index (χ3n) is 1.69. The Morgan fingerprint density at radius 3 is 2.83 bits per heavy atom. The van der Waals surface area contributed by atoms with E-state index < -0.39 is 0 Å². The van der Waals surface area contributed by atoms with Crippen LogP contribution in [-0.2, 0) is 0 Å². The molecule has 0 aromatic carbocycles. The molecule has 0 bridgehead atoms. The van der Waals surface area contributed by atoms with E-state index in [2.05, 4.69) is 23.7 Å². The molecular weight excluding hydrogens is 170 g/mol. The number of hydrogen-bond donors (Lipinski definition) is 2. The molecule has 1 rings (SSSR count). The Balaban J connectivity index is 2.34. The van der Waals surface area contributed by atoms with Gasteiger partial charge >= 0.3 is 0 Å². The van der Waals surface area contributed by atoms with Crippen LogP contribution in [0.15, 0.2) is 17.5 Å². The lowest BCUT2D eigenvalue weighted by Gasteiger charge is -2.12. The summed E-state index contributed by atoms with van der Waals surface area (Å²) >= 11 is 1.74. The zero-order chi connectivity index (χ0) is 8.97. The predicted molar refractivity (Wildman–Crippen MR) is 52.4 cm³/mol. The quantitative estimate of drug-likeness (QED) is 0.749. The van der Waals surface area contributed by atoms with Crippen molar-refractivity contribution in [2.24, 2.45) is 0 Å². The van der Waals surface area contributed by atoms with E-state index in [1.165, 1.54) is 4.88 Å². The Bertz CT molecular complexity index is 208. The summed E-state index contributed by atoms with van der Waals surface area (Å²) in [6.07, 6.45) is -0.271. The molecule has 2 atom stereocenters. The second kappa shape index (κ2) is 4.60. The van der Waals surface area contributed by atoms with E-state index >= 15 is 0 Å². The summed E-state index contributed by atoms with van der Waals surface area (Å²) in [7, 11) is 0. The van der Waals surface area contributed by atoms with Crippen LogP contribution in [-0.4, -0.2) is 17.8 Å². The summed E-state index contributed by atoms with van der Waals surface area (Å²) in [6.45, 7) is 4.54. The summed E-state index contributed by atoms with van der Waals surface area (Å²) in [5.74, 6) is 0. The van der Waals surface area contributed by atoms with Gasteiger partial charge in [-0.05, 0) is 25.3 Å². The molecule has 1 heterocycles. The molecule has 2 nitrogen and oxygen atoms in total. The highest BCUT2D eigenvalue weighted by Crippen LogP contribution is 2.17. The molecule has 68 valence electrons. The van der Waals surface area contributed by atoms with Gasteiger partial charge in [0.15, 0.2) is 0 Å². The zero-order valence-corrected chi connectivity index (χ0v) is 8.27. The van der Waals surface area contributed by atoms with Gasteiger partial charge in [0.05, 0.1) is 6.10 Å². The van der Waals surface area contributed by atoms with E-state index in [1.54, 1.807) is 18.3 Å². The zero-order valence-electron chi connectivity index (χ0n) is 7.45. The maximum atomic E-state index is 9.04. The minimum Gasteiger partial charge on any atom is -0.392 e. The van der Waals surface area contributed by atoms with Crippen LogP contribution in [0.5, 0.6) is 0 Å². The summed E-state index contributed by atoms with van der Waals surface area (Å²) in [5, 5.41) is 14.3. The molecule has 0 aliphatic heterocycles. The van der Waals surface area contributed by atoms with Crippen molar-refractivity contribution in [1.82, 2.24) is 5.32 Å². The fourth-order valence-electron chi connectivity index (χ4n) is 0.986. The number of aliphatic hydroxyl groups is 1. The molecule has 0 saturated carbocycles. The second-order valence-electron chi connectivity index (χ2n) is 2.99. The normalized spacial score (nSPS) is 15.9. The molecule has 0 saturated heterocycles. The van der Waals surface area contributed by atoms with Gasteiger partial charge < -0.3 is 10.4 Å². The first-order valence-electron chi connectivity index (χ1n) is 4.15. The Labute approximate surface area is 77.2 Å². The second-order valence-corrected chi connectivity index (χ2v) is 3.97. The van der Waals surface area contributed by atoms with Gasteiger partial charge in [-0.15, -0.1) is 11.3 Å². The Hall–Kier alpha value is -0.380. The van der Waals surface area contributed by atoms with Gasteiger partial charge in [-0.2, -0.15) is 0 Å². The molecule has 0 aliphatic carbocycles. The third kappa shape index (κ3) is 2.93. The van der Waals surface area contributed by atoms with Gasteiger partial charge in [-0.25, -0.2) is 0 Å². The molecule has 1 unspecified atom stereocenters. The Morgan fingerprint density at radius 2 is 2.33 bits per heavy atom. The topological polar surface area (TPSA) is 32.3 Å². The molecule has 0 spiro atoms. The Morgan fingerprint density at radius 1 is 1.58 bits per heavy atom. The molecule has 0 radical (unpaired) electrons. The molecule has 12 heavy (non-hydrogen) atoms. The molecule has 0 fully saturated rings. The van der Waals surface area contributed by atoms with E-state index in [0.717, 1.165) is 0 Å². The lowest BCUT2D eigenvalue weighted by molar-refractivity contribution is 0.187. The monoisotopic (exact) mass is 185 g/mol. The Kier molecular flexibility index (Phi) is 3.72. The first-order valence-corrected chi connectivity index (χ1v) is 5.03. The van der Waals surface area contributed by atoms with Crippen LogP contribution < -0.4 is 5.32 Å². The molecule has 0 amide bonds. The van der Waals surface area contributed by atoms with Crippen molar-refractivity contribution in [3.8, 4) is 0 Å². The van der Waals surface area contributed by atoms with Crippen molar-refractivity contribution in [3.05, 3.63) is 22.4 Å². The van der Waals surface area contributed by atoms with Crippen molar-refractivity contribution in [2.75, 3.05) is 6.54 Å². The number of thiophene rings is 1. The van der Waals surface area contributed by atoms with Gasteiger partial charge in [0, 0.05) is 17.5 Å². The maximum Gasteiger partial charge on any atom is 0.0636 e. The lowest BCUT2D eigenvalue weighted by atomic mass is 10.2. The number of nitrogens with one attached hydrogen (secondary N) is 1. The van der Waals surface area contributed by atoms with Crippen LogP contribution in [0.3, 0.4) is 0 Å². The van der Waals surface area contributed by atoms with Crippen LogP contribution in [0.4, 0.5) is 0 Å². The number of aliphatic hydroxyl groups excluding tert-OH is 1. The first-order chi connectivity index (χ1) is 5.70. The number of rotatable bonds is 4. The van der Waals surface area contributed by atoms with Crippen molar-refractivity contribution >= 4 is 11.3 Å². The summed E-state index contributed by atoms with van der Waals surface area (Å²) in [6, 6.07) is 4.49. The smallest absolute Gasteiger partial charge is 0.0636 e. The van der Waals surface area contributed by atoms with E-state index in [9.17, 15) is 0 Å². The van der Waals surface area contributed by atoms with Crippen LogP contribution >= 0.6 is 11.3 Å². The maximum absolute atomic E-state index is 9.04. The van der Waals surface area contributed by atoms with Crippen LogP contribution in [0.1, 0.15) is 24.8 Å². The van der Waals surface area contributed by atoms with Crippen LogP contribution in [0.25, 0.3) is 0 Å². The van der Waals surface area contributed by atoms with Crippen molar-refractivity contribution in [3.63, 3.8) is 0 Å². The van der Waals surface area contributed by atoms with Gasteiger partial charge in [0.1, 0.15) is 0 Å². The molecule has 0 aliphatic rings. The molecule has 2 N–H and O–H groups in total. The number of hydrogen-bond acceptors (Lipinski definition) is 3. The highest BCUT2D eigenvalue weighted by molar-refractivity contribution is 7.10.